The molecule has 1 fully saturated rings. The van der Waals surface area contributed by atoms with Crippen molar-refractivity contribution in [3.8, 4) is 0 Å². The summed E-state index contributed by atoms with van der Waals surface area (Å²) in [5, 5.41) is 0. The van der Waals surface area contributed by atoms with E-state index in [2.05, 4.69) is 68.5 Å². The first kappa shape index (κ1) is 17.8. The van der Waals surface area contributed by atoms with Crippen LogP contribution in [0.15, 0.2) is 66.4 Å². The van der Waals surface area contributed by atoms with Crippen molar-refractivity contribution >= 4 is 6.08 Å². The van der Waals surface area contributed by atoms with Gasteiger partial charge in [-0.05, 0) is 31.4 Å². The second-order valence-corrected chi connectivity index (χ2v) is 6.74. The van der Waals surface area contributed by atoms with Gasteiger partial charge in [-0.1, -0.05) is 74.5 Å². The molecule has 0 bridgehead atoms. The van der Waals surface area contributed by atoms with Crippen molar-refractivity contribution in [2.45, 2.75) is 45.8 Å². The molecule has 0 aromatic heterocycles. The lowest BCUT2D eigenvalue weighted by Crippen LogP contribution is -2.30. The average Bonchev–Trinajstić information content (AvgIpc) is 2.98. The summed E-state index contributed by atoms with van der Waals surface area (Å²) in [6, 6.07) is 20.8. The third kappa shape index (κ3) is 3.36. The zero-order valence-electron chi connectivity index (χ0n) is 15.5. The molecule has 1 aliphatic heterocycles. The fourth-order valence-electron chi connectivity index (χ4n) is 3.84. The molecule has 1 unspecified atom stereocenters. The van der Waals surface area contributed by atoms with Crippen LogP contribution < -0.4 is 0 Å². The van der Waals surface area contributed by atoms with Gasteiger partial charge in [0.05, 0.1) is 0 Å². The maximum absolute atomic E-state index is 6.62. The average molecular weight is 336 g/mol. The van der Waals surface area contributed by atoms with Gasteiger partial charge >= 0.3 is 0 Å². The predicted molar refractivity (Wildman–Crippen MR) is 103 cm³/mol. The lowest BCUT2D eigenvalue weighted by Gasteiger charge is -2.29. The van der Waals surface area contributed by atoms with Crippen molar-refractivity contribution in [2.24, 2.45) is 5.41 Å². The van der Waals surface area contributed by atoms with Gasteiger partial charge in [-0.3, -0.25) is 0 Å². The summed E-state index contributed by atoms with van der Waals surface area (Å²) in [4.78, 5) is 0. The highest BCUT2D eigenvalue weighted by molar-refractivity contribution is 5.53. The Morgan fingerprint density at radius 1 is 0.920 bits per heavy atom. The van der Waals surface area contributed by atoms with Gasteiger partial charge in [-0.25, -0.2) is 0 Å². The lowest BCUT2D eigenvalue weighted by molar-refractivity contribution is -0.202. The molecule has 0 amide bonds. The summed E-state index contributed by atoms with van der Waals surface area (Å²) in [5.74, 6) is 0.351. The second kappa shape index (κ2) is 7.45. The first-order valence-electron chi connectivity index (χ1n) is 9.34. The molecular formula is C23H28O2. The molecule has 0 saturated carbocycles. The van der Waals surface area contributed by atoms with Crippen molar-refractivity contribution < 1.29 is 9.47 Å². The molecular weight excluding hydrogens is 308 g/mol. The van der Waals surface area contributed by atoms with Crippen molar-refractivity contribution in [3.05, 3.63) is 77.5 Å². The molecule has 1 atom stereocenters. The molecule has 1 aliphatic rings. The van der Waals surface area contributed by atoms with Crippen molar-refractivity contribution in [2.75, 3.05) is 6.61 Å². The zero-order valence-corrected chi connectivity index (χ0v) is 15.5. The third-order valence-corrected chi connectivity index (χ3v) is 5.41. The molecule has 0 aliphatic carbocycles. The fourth-order valence-corrected chi connectivity index (χ4v) is 3.84. The Balaban J connectivity index is 2.08. The smallest absolute Gasteiger partial charge is 0.237 e. The maximum Gasteiger partial charge on any atom is 0.237 e. The van der Waals surface area contributed by atoms with E-state index in [-0.39, 0.29) is 5.41 Å². The Labute approximate surface area is 151 Å². The summed E-state index contributed by atoms with van der Waals surface area (Å²) in [7, 11) is 0. The number of hydrogen-bond acceptors (Lipinski definition) is 2. The minimum Gasteiger partial charge on any atom is -0.462 e. The van der Waals surface area contributed by atoms with Crippen LogP contribution in [0.2, 0.25) is 0 Å². The van der Waals surface area contributed by atoms with Crippen LogP contribution in [0, 0.1) is 5.41 Å². The lowest BCUT2D eigenvalue weighted by atomic mass is 9.75. The highest BCUT2D eigenvalue weighted by Gasteiger charge is 2.53. The highest BCUT2D eigenvalue weighted by Crippen LogP contribution is 2.56. The van der Waals surface area contributed by atoms with Crippen molar-refractivity contribution in [1.29, 1.82) is 0 Å². The van der Waals surface area contributed by atoms with Crippen LogP contribution in [0.3, 0.4) is 0 Å². The Morgan fingerprint density at radius 2 is 1.52 bits per heavy atom. The Bertz CT molecular complexity index is 701. The van der Waals surface area contributed by atoms with Gasteiger partial charge in [0.15, 0.2) is 0 Å². The quantitative estimate of drug-likeness (QED) is 0.630. The minimum absolute atomic E-state index is 0.000846. The monoisotopic (exact) mass is 336 g/mol. The van der Waals surface area contributed by atoms with Gasteiger partial charge in [0.1, 0.15) is 5.76 Å². The van der Waals surface area contributed by atoms with Crippen LogP contribution in [0.1, 0.15) is 51.2 Å². The summed E-state index contributed by atoms with van der Waals surface area (Å²) < 4.78 is 12.9. The van der Waals surface area contributed by atoms with Gasteiger partial charge in [-0.15, -0.1) is 0 Å². The van der Waals surface area contributed by atoms with Crippen LogP contribution in [-0.2, 0) is 15.3 Å². The molecule has 0 radical (unpaired) electrons. The van der Waals surface area contributed by atoms with Crippen LogP contribution in [0.5, 0.6) is 0 Å². The Morgan fingerprint density at radius 3 is 2.08 bits per heavy atom. The molecule has 2 aromatic rings. The SMILES string of the molecule is CCOC1(c2ccccc2)CC(CC)(CC)/C(=C/c2ccccc2)O1. The fraction of sp³-hybridized carbons (Fsp3) is 0.391. The summed E-state index contributed by atoms with van der Waals surface area (Å²) >= 11 is 0. The summed E-state index contributed by atoms with van der Waals surface area (Å²) in [5.41, 5.74) is 2.27. The molecule has 0 spiro atoms. The molecule has 1 heterocycles. The van der Waals surface area contributed by atoms with E-state index in [1.54, 1.807) is 0 Å². The molecule has 132 valence electrons. The van der Waals surface area contributed by atoms with Crippen LogP contribution >= 0.6 is 0 Å². The van der Waals surface area contributed by atoms with Gasteiger partial charge in [-0.2, -0.15) is 0 Å². The molecule has 2 nitrogen and oxygen atoms in total. The van der Waals surface area contributed by atoms with Gasteiger partial charge in [0, 0.05) is 24.0 Å². The number of benzene rings is 2. The Hall–Kier alpha value is -2.06. The second-order valence-electron chi connectivity index (χ2n) is 6.74. The van der Waals surface area contributed by atoms with E-state index in [1.165, 1.54) is 5.56 Å². The topological polar surface area (TPSA) is 18.5 Å². The first-order valence-corrected chi connectivity index (χ1v) is 9.34. The minimum atomic E-state index is -0.692. The predicted octanol–water partition coefficient (Wildman–Crippen LogP) is 6.14. The van der Waals surface area contributed by atoms with E-state index in [4.69, 9.17) is 9.47 Å². The van der Waals surface area contributed by atoms with Crippen LogP contribution in [0.25, 0.3) is 6.08 Å². The van der Waals surface area contributed by atoms with Crippen molar-refractivity contribution in [1.82, 2.24) is 0 Å². The maximum atomic E-state index is 6.62. The summed E-state index contributed by atoms with van der Waals surface area (Å²) in [6.07, 6.45) is 5.11. The van der Waals surface area contributed by atoms with Crippen molar-refractivity contribution in [3.63, 3.8) is 0 Å². The molecule has 25 heavy (non-hydrogen) atoms. The Kier molecular flexibility index (Phi) is 5.29. The molecule has 2 heteroatoms. The number of rotatable bonds is 6. The van der Waals surface area contributed by atoms with E-state index in [9.17, 15) is 0 Å². The zero-order chi connectivity index (χ0) is 17.8. The first-order chi connectivity index (χ1) is 12.2. The third-order valence-electron chi connectivity index (χ3n) is 5.41. The standard InChI is InChI=1S/C23H28O2/c1-4-22(5-2)18-23(24-6-3,20-15-11-8-12-16-20)25-21(22)17-19-13-9-7-10-14-19/h7-17H,4-6,18H2,1-3H3/b21-17-. The number of ether oxygens (including phenoxy) is 2. The van der Waals surface area contributed by atoms with Gasteiger partial charge < -0.3 is 9.47 Å². The normalized spacial score (nSPS) is 23.6. The molecule has 2 aromatic carbocycles. The van der Waals surface area contributed by atoms with E-state index in [0.29, 0.717) is 6.61 Å². The van der Waals surface area contributed by atoms with Gasteiger partial charge in [0.25, 0.3) is 0 Å². The highest BCUT2D eigenvalue weighted by atomic mass is 16.7. The van der Waals surface area contributed by atoms with Crippen LogP contribution in [-0.4, -0.2) is 6.61 Å². The molecule has 1 saturated heterocycles. The van der Waals surface area contributed by atoms with E-state index >= 15 is 0 Å². The van der Waals surface area contributed by atoms with E-state index in [1.807, 2.05) is 19.1 Å². The number of allylic oxidation sites excluding steroid dienone is 1. The molecule has 0 N–H and O–H groups in total. The van der Waals surface area contributed by atoms with Gasteiger partial charge in [0.2, 0.25) is 5.79 Å². The van der Waals surface area contributed by atoms with E-state index < -0.39 is 5.79 Å². The largest absolute Gasteiger partial charge is 0.462 e. The number of hydrogen-bond donors (Lipinski definition) is 0. The van der Waals surface area contributed by atoms with E-state index in [0.717, 1.165) is 30.6 Å². The summed E-state index contributed by atoms with van der Waals surface area (Å²) in [6.45, 7) is 7.15. The van der Waals surface area contributed by atoms with Crippen LogP contribution in [0.4, 0.5) is 0 Å². The molecule has 3 rings (SSSR count).